The van der Waals surface area contributed by atoms with Gasteiger partial charge in [0, 0.05) is 0 Å². The average molecular weight is 276 g/mol. The van der Waals surface area contributed by atoms with Crippen LogP contribution in [-0.4, -0.2) is 25.4 Å². The molecule has 103 valence electrons. The zero-order valence-electron chi connectivity index (χ0n) is 9.71. The summed E-state index contributed by atoms with van der Waals surface area (Å²) in [4.78, 5) is 3.89. The zero-order chi connectivity index (χ0) is 13.9. The molecule has 0 aliphatic carbocycles. The van der Waals surface area contributed by atoms with Crippen molar-refractivity contribution in [1.29, 1.82) is 0 Å². The van der Waals surface area contributed by atoms with E-state index in [9.17, 15) is 17.6 Å². The van der Waals surface area contributed by atoms with E-state index in [1.165, 1.54) is 6.07 Å². The fraction of sp³-hybridized carbons (Fsp3) is 0.417. The van der Waals surface area contributed by atoms with Gasteiger partial charge in [0.15, 0.2) is 11.6 Å². The molecule has 1 aromatic carbocycles. The van der Waals surface area contributed by atoms with Gasteiger partial charge < -0.3 is 9.47 Å². The molecule has 1 aromatic rings. The summed E-state index contributed by atoms with van der Waals surface area (Å²) in [7, 11) is 0. The summed E-state index contributed by atoms with van der Waals surface area (Å²) in [5.74, 6) is -1.86. The summed E-state index contributed by atoms with van der Waals surface area (Å²) in [5.41, 5.74) is 0.544. The van der Waals surface area contributed by atoms with Crippen LogP contribution in [0.4, 0.5) is 17.6 Å². The molecule has 0 fully saturated rings. The lowest BCUT2D eigenvalue weighted by molar-refractivity contribution is -0.275. The third-order valence-corrected chi connectivity index (χ3v) is 2.56. The summed E-state index contributed by atoms with van der Waals surface area (Å²) in [6.07, 6.45) is -1.51. The van der Waals surface area contributed by atoms with Gasteiger partial charge >= 0.3 is 6.36 Å². The Hall–Kier alpha value is -1.79. The van der Waals surface area contributed by atoms with Crippen LogP contribution in [-0.2, 0) is 11.2 Å². The average Bonchev–Trinajstić information content (AvgIpc) is 2.81. The van der Waals surface area contributed by atoms with E-state index in [4.69, 9.17) is 4.74 Å². The maximum Gasteiger partial charge on any atom is 0.573 e. The van der Waals surface area contributed by atoms with E-state index in [0.29, 0.717) is 25.0 Å². The van der Waals surface area contributed by atoms with Crippen molar-refractivity contribution in [1.82, 2.24) is 0 Å². The van der Waals surface area contributed by atoms with Crippen molar-refractivity contribution in [2.75, 3.05) is 6.61 Å². The van der Waals surface area contributed by atoms with E-state index >= 15 is 0 Å². The second-order valence-electron chi connectivity index (χ2n) is 4.04. The van der Waals surface area contributed by atoms with Gasteiger partial charge in [-0.3, -0.25) is 0 Å². The molecule has 1 radical (unpaired) electrons. The summed E-state index contributed by atoms with van der Waals surface area (Å²) < 4.78 is 57.7. The summed E-state index contributed by atoms with van der Waals surface area (Å²) in [6.45, 7) is 0.410. The quantitative estimate of drug-likeness (QED) is 0.792. The first-order chi connectivity index (χ1) is 8.94. The number of rotatable bonds is 4. The van der Waals surface area contributed by atoms with Gasteiger partial charge in [-0.05, 0) is 30.5 Å². The molecule has 0 aromatic heterocycles. The van der Waals surface area contributed by atoms with E-state index in [-0.39, 0.29) is 6.04 Å². The highest BCUT2D eigenvalue weighted by atomic mass is 19.4. The lowest BCUT2D eigenvalue weighted by Crippen LogP contribution is -2.18. The number of halogens is 4. The fourth-order valence-corrected chi connectivity index (χ4v) is 1.67. The van der Waals surface area contributed by atoms with Gasteiger partial charge in [0.1, 0.15) is 6.61 Å². The van der Waals surface area contributed by atoms with Crippen molar-refractivity contribution in [3.8, 4) is 5.75 Å². The van der Waals surface area contributed by atoms with E-state index in [2.05, 4.69) is 16.1 Å². The van der Waals surface area contributed by atoms with Gasteiger partial charge in [-0.2, -0.15) is 0 Å². The van der Waals surface area contributed by atoms with Crippen molar-refractivity contribution in [3.63, 3.8) is 0 Å². The highest BCUT2D eigenvalue weighted by Gasteiger charge is 2.32. The minimum Gasteiger partial charge on any atom is -0.472 e. The number of ether oxygens (including phenoxy) is 2. The monoisotopic (exact) mass is 276 g/mol. The number of benzene rings is 1. The Morgan fingerprint density at radius 2 is 2.21 bits per heavy atom. The van der Waals surface area contributed by atoms with Gasteiger partial charge in [-0.1, -0.05) is 6.07 Å². The Morgan fingerprint density at radius 3 is 2.84 bits per heavy atom. The predicted molar refractivity (Wildman–Crippen MR) is 58.6 cm³/mol. The molecule has 7 heteroatoms. The van der Waals surface area contributed by atoms with Crippen molar-refractivity contribution in [3.05, 3.63) is 29.6 Å². The molecular weight excluding hydrogens is 266 g/mol. The van der Waals surface area contributed by atoms with E-state index in [1.807, 2.05) is 0 Å². The van der Waals surface area contributed by atoms with Crippen LogP contribution in [0.2, 0.25) is 0 Å². The number of nitrogens with zero attached hydrogens (tertiary/aromatic N) is 1. The maximum atomic E-state index is 13.2. The summed E-state index contributed by atoms with van der Waals surface area (Å²) in [6, 6.07) is 3.36. The van der Waals surface area contributed by atoms with Crippen LogP contribution in [0.3, 0.4) is 0 Å². The SMILES string of the molecule is Fc1ccc(CCC2CO[C]=N2)cc1OC(F)(F)F. The Kier molecular flexibility index (Phi) is 3.92. The highest BCUT2D eigenvalue weighted by Crippen LogP contribution is 2.27. The molecule has 0 bridgehead atoms. The lowest BCUT2D eigenvalue weighted by atomic mass is 10.1. The molecule has 3 nitrogen and oxygen atoms in total. The molecule has 19 heavy (non-hydrogen) atoms. The van der Waals surface area contributed by atoms with Crippen molar-refractivity contribution < 1.29 is 27.0 Å². The molecule has 0 N–H and O–H groups in total. The van der Waals surface area contributed by atoms with Crippen LogP contribution in [0, 0.1) is 5.82 Å². The molecular formula is C12H10F4NO2. The summed E-state index contributed by atoms with van der Waals surface area (Å²) >= 11 is 0. The standard InChI is InChI=1S/C12H10F4NO2/c13-10-4-2-8(1-3-9-6-18-7-17-9)5-11(10)19-12(14,15)16/h2,4-5,9H,1,3,6H2. The molecule has 0 saturated carbocycles. The smallest absolute Gasteiger partial charge is 0.472 e. The van der Waals surface area contributed by atoms with E-state index in [1.54, 1.807) is 0 Å². The van der Waals surface area contributed by atoms with Gasteiger partial charge in [0.25, 0.3) is 6.40 Å². The molecule has 1 aliphatic rings. The number of aryl methyl sites for hydroxylation is 1. The number of hydrogen-bond donors (Lipinski definition) is 0. The molecule has 1 atom stereocenters. The highest BCUT2D eigenvalue weighted by molar-refractivity contribution is 5.48. The maximum absolute atomic E-state index is 13.2. The molecule has 0 amide bonds. The van der Waals surface area contributed by atoms with Crippen LogP contribution in [0.25, 0.3) is 0 Å². The first-order valence-electron chi connectivity index (χ1n) is 5.55. The van der Waals surface area contributed by atoms with Crippen LogP contribution < -0.4 is 4.74 Å². The predicted octanol–water partition coefficient (Wildman–Crippen LogP) is 2.96. The van der Waals surface area contributed by atoms with Crippen molar-refractivity contribution >= 4 is 6.40 Å². The largest absolute Gasteiger partial charge is 0.573 e. The molecule has 1 heterocycles. The van der Waals surface area contributed by atoms with Crippen LogP contribution in [0.15, 0.2) is 23.2 Å². The molecule has 0 spiro atoms. The Bertz CT molecular complexity index is 473. The second kappa shape index (κ2) is 5.46. The summed E-state index contributed by atoms with van der Waals surface area (Å²) in [5, 5.41) is 0. The third kappa shape index (κ3) is 4.11. The minimum absolute atomic E-state index is 0.0583. The number of hydrogen-bond acceptors (Lipinski definition) is 3. The Labute approximate surface area is 106 Å². The van der Waals surface area contributed by atoms with Gasteiger partial charge in [-0.15, -0.1) is 13.2 Å². The number of alkyl halides is 3. The molecule has 0 saturated heterocycles. The van der Waals surface area contributed by atoms with Gasteiger partial charge in [-0.25, -0.2) is 9.38 Å². The fourth-order valence-electron chi connectivity index (χ4n) is 1.67. The minimum atomic E-state index is -4.90. The Balaban J connectivity index is 2.01. The molecule has 2 rings (SSSR count). The second-order valence-corrected chi connectivity index (χ2v) is 4.04. The van der Waals surface area contributed by atoms with Crippen molar-refractivity contribution in [2.24, 2.45) is 4.99 Å². The van der Waals surface area contributed by atoms with Gasteiger partial charge in [0.05, 0.1) is 6.04 Å². The molecule has 1 aliphatic heterocycles. The lowest BCUT2D eigenvalue weighted by Gasteiger charge is -2.11. The number of aliphatic imine (C=N–C) groups is 1. The normalized spacial score (nSPS) is 18.4. The van der Waals surface area contributed by atoms with Crippen molar-refractivity contribution in [2.45, 2.75) is 25.2 Å². The van der Waals surface area contributed by atoms with Gasteiger partial charge in [0.2, 0.25) is 0 Å². The first-order valence-corrected chi connectivity index (χ1v) is 5.55. The third-order valence-electron chi connectivity index (χ3n) is 2.56. The topological polar surface area (TPSA) is 30.8 Å². The first kappa shape index (κ1) is 13.6. The van der Waals surface area contributed by atoms with Crippen LogP contribution >= 0.6 is 0 Å². The zero-order valence-corrected chi connectivity index (χ0v) is 9.71. The van der Waals surface area contributed by atoms with Crippen LogP contribution in [0.5, 0.6) is 5.75 Å². The molecule has 1 unspecified atom stereocenters. The van der Waals surface area contributed by atoms with Crippen LogP contribution in [0.1, 0.15) is 12.0 Å². The van der Waals surface area contributed by atoms with E-state index < -0.39 is 17.9 Å². The Morgan fingerprint density at radius 1 is 1.42 bits per heavy atom. The van der Waals surface area contributed by atoms with E-state index in [0.717, 1.165) is 12.1 Å².